The summed E-state index contributed by atoms with van der Waals surface area (Å²) in [6, 6.07) is 5.91. The molecular formula is C18H25N2O6P. The molecule has 2 aromatic rings. The van der Waals surface area contributed by atoms with Gasteiger partial charge in [-0.25, -0.2) is 4.57 Å². The minimum atomic E-state index is -3.63. The topological polar surface area (TPSA) is 107 Å². The van der Waals surface area contributed by atoms with E-state index >= 15 is 0 Å². The van der Waals surface area contributed by atoms with Crippen molar-refractivity contribution in [2.75, 3.05) is 24.8 Å². The summed E-state index contributed by atoms with van der Waals surface area (Å²) in [5.74, 6) is -0.587. The number of nitrogens with one attached hydrogen (secondary N) is 2. The number of hydrogen-bond acceptors (Lipinski definition) is 6. The van der Waals surface area contributed by atoms with Crippen LogP contribution in [0.3, 0.4) is 0 Å². The van der Waals surface area contributed by atoms with E-state index in [1.807, 2.05) is 6.92 Å². The molecule has 0 unspecified atom stereocenters. The second kappa shape index (κ2) is 9.69. The average Bonchev–Trinajstić information content (AvgIpc) is 2.62. The normalized spacial score (nSPS) is 11.5. The fourth-order valence-electron chi connectivity index (χ4n) is 2.43. The molecule has 2 N–H and O–H groups in total. The van der Waals surface area contributed by atoms with Gasteiger partial charge in [0.15, 0.2) is 16.8 Å². The van der Waals surface area contributed by atoms with Crippen LogP contribution in [0, 0.1) is 0 Å². The molecule has 0 saturated carbocycles. The van der Waals surface area contributed by atoms with Gasteiger partial charge < -0.3 is 9.73 Å². The Labute approximate surface area is 157 Å². The van der Waals surface area contributed by atoms with Gasteiger partial charge in [-0.05, 0) is 32.4 Å². The molecule has 8 nitrogen and oxygen atoms in total. The first-order chi connectivity index (χ1) is 12.9. The number of unbranched alkanes of at least 4 members (excludes halogenated alkanes) is 1. The summed E-state index contributed by atoms with van der Waals surface area (Å²) in [4.78, 5) is 24.7. The average molecular weight is 396 g/mol. The Morgan fingerprint density at radius 1 is 1.19 bits per heavy atom. The predicted octanol–water partition coefficient (Wildman–Crippen LogP) is 3.92. The van der Waals surface area contributed by atoms with Gasteiger partial charge in [0.2, 0.25) is 0 Å². The monoisotopic (exact) mass is 396 g/mol. The van der Waals surface area contributed by atoms with Crippen LogP contribution in [0.1, 0.15) is 44.2 Å². The maximum atomic E-state index is 12.7. The molecule has 0 aliphatic rings. The van der Waals surface area contributed by atoms with Crippen LogP contribution < -0.4 is 15.8 Å². The standard InChI is InChI=1S/C18H25N2O6P/c1-4-7-11-19-18(22)16-12-15(21)13-9-8-10-14(17(13)26-16)20-27(23,24-5-2)25-6-3/h8-10,12H,4-7,11H2,1-3H3,(H,19,22)(H,20,23). The first-order valence-electron chi connectivity index (χ1n) is 8.96. The molecule has 0 atom stereocenters. The Hall–Kier alpha value is -2.15. The maximum absolute atomic E-state index is 12.7. The van der Waals surface area contributed by atoms with Gasteiger partial charge in [0.05, 0.1) is 24.3 Å². The van der Waals surface area contributed by atoms with Crippen molar-refractivity contribution in [1.29, 1.82) is 0 Å². The number of amides is 1. The number of para-hydroxylation sites is 1. The number of anilines is 1. The van der Waals surface area contributed by atoms with Crippen molar-refractivity contribution in [1.82, 2.24) is 5.32 Å². The molecule has 27 heavy (non-hydrogen) atoms. The van der Waals surface area contributed by atoms with Gasteiger partial charge in [-0.15, -0.1) is 0 Å². The summed E-state index contributed by atoms with van der Waals surface area (Å²) >= 11 is 0. The third-order valence-electron chi connectivity index (χ3n) is 3.65. The zero-order chi connectivity index (χ0) is 19.9. The lowest BCUT2D eigenvalue weighted by Gasteiger charge is -2.19. The van der Waals surface area contributed by atoms with Crippen molar-refractivity contribution in [3.63, 3.8) is 0 Å². The van der Waals surface area contributed by atoms with Gasteiger partial charge in [-0.3, -0.25) is 23.7 Å². The van der Waals surface area contributed by atoms with Crippen molar-refractivity contribution in [3.05, 3.63) is 40.2 Å². The van der Waals surface area contributed by atoms with Gasteiger partial charge >= 0.3 is 7.75 Å². The molecule has 1 aromatic heterocycles. The molecule has 1 aromatic carbocycles. The number of fused-ring (bicyclic) bond motifs is 1. The van der Waals surface area contributed by atoms with Crippen LogP contribution in [0.25, 0.3) is 11.0 Å². The second-order valence-electron chi connectivity index (χ2n) is 5.71. The number of carbonyl (C=O) groups excluding carboxylic acids is 1. The molecule has 9 heteroatoms. The van der Waals surface area contributed by atoms with E-state index in [2.05, 4.69) is 10.4 Å². The molecule has 148 valence electrons. The second-order valence-corrected chi connectivity index (χ2v) is 7.45. The summed E-state index contributed by atoms with van der Waals surface area (Å²) in [7, 11) is -3.63. The summed E-state index contributed by atoms with van der Waals surface area (Å²) in [6.45, 7) is 6.22. The Morgan fingerprint density at radius 3 is 2.52 bits per heavy atom. The lowest BCUT2D eigenvalue weighted by Crippen LogP contribution is -2.25. The van der Waals surface area contributed by atoms with Gasteiger partial charge in [0.1, 0.15) is 0 Å². The van der Waals surface area contributed by atoms with Crippen LogP contribution in [0.15, 0.2) is 33.5 Å². The molecule has 0 aliphatic heterocycles. The van der Waals surface area contributed by atoms with Gasteiger partial charge in [0, 0.05) is 12.6 Å². The summed E-state index contributed by atoms with van der Waals surface area (Å²) in [5, 5.41) is 5.65. The van der Waals surface area contributed by atoms with E-state index in [9.17, 15) is 14.2 Å². The summed E-state index contributed by atoms with van der Waals surface area (Å²) in [6.07, 6.45) is 1.75. The zero-order valence-corrected chi connectivity index (χ0v) is 16.6. The lowest BCUT2D eigenvalue weighted by atomic mass is 10.2. The van der Waals surface area contributed by atoms with E-state index in [1.54, 1.807) is 32.0 Å². The first-order valence-corrected chi connectivity index (χ1v) is 10.5. The molecule has 0 radical (unpaired) electrons. The van der Waals surface area contributed by atoms with Gasteiger partial charge in [-0.1, -0.05) is 19.4 Å². The van der Waals surface area contributed by atoms with Crippen LogP contribution in [0.5, 0.6) is 0 Å². The maximum Gasteiger partial charge on any atom is 0.432 e. The van der Waals surface area contributed by atoms with Crippen molar-refractivity contribution >= 4 is 30.3 Å². The molecule has 1 heterocycles. The Kier molecular flexibility index (Phi) is 7.59. The van der Waals surface area contributed by atoms with Crippen molar-refractivity contribution in [2.45, 2.75) is 33.6 Å². The van der Waals surface area contributed by atoms with E-state index in [-0.39, 0.29) is 41.1 Å². The molecule has 1 amide bonds. The Bertz CT molecular complexity index is 885. The molecule has 2 rings (SSSR count). The third kappa shape index (κ3) is 5.42. The number of hydrogen-bond donors (Lipinski definition) is 2. The Morgan fingerprint density at radius 2 is 1.89 bits per heavy atom. The molecule has 0 spiro atoms. The first kappa shape index (κ1) is 21.2. The van der Waals surface area contributed by atoms with Crippen molar-refractivity contribution in [3.8, 4) is 0 Å². The lowest BCUT2D eigenvalue weighted by molar-refractivity contribution is 0.0926. The van der Waals surface area contributed by atoms with E-state index in [1.165, 1.54) is 0 Å². The van der Waals surface area contributed by atoms with E-state index < -0.39 is 13.7 Å². The highest BCUT2D eigenvalue weighted by atomic mass is 31.2. The van der Waals surface area contributed by atoms with Crippen LogP contribution in [-0.2, 0) is 13.6 Å². The largest absolute Gasteiger partial charge is 0.448 e. The van der Waals surface area contributed by atoms with E-state index in [0.717, 1.165) is 18.9 Å². The molecule has 0 aliphatic carbocycles. The van der Waals surface area contributed by atoms with Crippen LogP contribution in [-0.4, -0.2) is 25.7 Å². The zero-order valence-electron chi connectivity index (χ0n) is 15.7. The van der Waals surface area contributed by atoms with Gasteiger partial charge in [0.25, 0.3) is 5.91 Å². The number of carbonyl (C=O) groups is 1. The Balaban J connectivity index is 2.44. The molecular weight excluding hydrogens is 371 g/mol. The molecule has 0 bridgehead atoms. The van der Waals surface area contributed by atoms with Crippen molar-refractivity contribution < 1.29 is 22.8 Å². The fraction of sp³-hybridized carbons (Fsp3) is 0.444. The number of benzene rings is 1. The van der Waals surface area contributed by atoms with Crippen LogP contribution in [0.2, 0.25) is 0 Å². The summed E-state index contributed by atoms with van der Waals surface area (Å²) in [5.41, 5.74) is -0.00786. The highest BCUT2D eigenvalue weighted by Crippen LogP contribution is 2.48. The highest BCUT2D eigenvalue weighted by Gasteiger charge is 2.25. The van der Waals surface area contributed by atoms with Gasteiger partial charge in [-0.2, -0.15) is 0 Å². The van der Waals surface area contributed by atoms with E-state index in [0.29, 0.717) is 6.54 Å². The fourth-order valence-corrected chi connectivity index (χ4v) is 3.79. The van der Waals surface area contributed by atoms with Crippen molar-refractivity contribution in [2.24, 2.45) is 0 Å². The quantitative estimate of drug-likeness (QED) is 0.463. The smallest absolute Gasteiger partial charge is 0.432 e. The molecule has 0 saturated heterocycles. The minimum Gasteiger partial charge on any atom is -0.448 e. The van der Waals surface area contributed by atoms with E-state index in [4.69, 9.17) is 13.5 Å². The SMILES string of the molecule is CCCCNC(=O)c1cc(=O)c2cccc(NP(=O)(OCC)OCC)c2o1. The third-order valence-corrected chi connectivity index (χ3v) is 5.36. The van der Waals surface area contributed by atoms with Crippen LogP contribution in [0.4, 0.5) is 5.69 Å². The molecule has 0 fully saturated rings. The highest BCUT2D eigenvalue weighted by molar-refractivity contribution is 7.55. The number of rotatable bonds is 10. The minimum absolute atomic E-state index is 0.111. The predicted molar refractivity (Wildman–Crippen MR) is 104 cm³/mol. The summed E-state index contributed by atoms with van der Waals surface area (Å²) < 4.78 is 28.8. The van der Waals surface area contributed by atoms with Crippen LogP contribution >= 0.6 is 7.75 Å².